The van der Waals surface area contributed by atoms with E-state index in [1.807, 2.05) is 0 Å². The van der Waals surface area contributed by atoms with Crippen LogP contribution in [0.15, 0.2) is 0 Å². The first-order valence-corrected chi connectivity index (χ1v) is 5.19. The summed E-state index contributed by atoms with van der Waals surface area (Å²) >= 11 is 0. The highest BCUT2D eigenvalue weighted by Crippen LogP contribution is 1.97. The molecule has 0 bridgehead atoms. The van der Waals surface area contributed by atoms with Gasteiger partial charge >= 0.3 is 0 Å². The van der Waals surface area contributed by atoms with Crippen molar-refractivity contribution < 1.29 is 0 Å². The average molecular weight is 172 g/mol. The Bertz CT molecular complexity index is 93.8. The van der Waals surface area contributed by atoms with E-state index in [0.717, 1.165) is 19.4 Å². The second kappa shape index (κ2) is 7.56. The molecule has 74 valence electrons. The van der Waals surface area contributed by atoms with Crippen LogP contribution in [-0.4, -0.2) is 18.6 Å². The molecular formula is C10H24N2. The second-order valence-corrected chi connectivity index (χ2v) is 3.60. The molecule has 0 aliphatic rings. The van der Waals surface area contributed by atoms with Crippen molar-refractivity contribution in [3.63, 3.8) is 0 Å². The van der Waals surface area contributed by atoms with Crippen molar-refractivity contribution in [2.45, 2.75) is 58.5 Å². The van der Waals surface area contributed by atoms with Crippen LogP contribution in [0.5, 0.6) is 0 Å². The van der Waals surface area contributed by atoms with Crippen molar-refractivity contribution >= 4 is 0 Å². The van der Waals surface area contributed by atoms with Crippen molar-refractivity contribution in [1.29, 1.82) is 0 Å². The van der Waals surface area contributed by atoms with Crippen LogP contribution < -0.4 is 11.1 Å². The standard InChI is InChI=1S/C10H24N2/c1-4-6-10(11)7-8-12-9(3)5-2/h9-10,12H,4-8,11H2,1-3H3. The largest absolute Gasteiger partial charge is 0.328 e. The molecule has 0 heterocycles. The van der Waals surface area contributed by atoms with Crippen molar-refractivity contribution in [1.82, 2.24) is 5.32 Å². The highest BCUT2D eigenvalue weighted by molar-refractivity contribution is 4.64. The molecule has 0 saturated carbocycles. The molecule has 0 saturated heterocycles. The lowest BCUT2D eigenvalue weighted by Gasteiger charge is -2.14. The highest BCUT2D eigenvalue weighted by atomic mass is 14.9. The van der Waals surface area contributed by atoms with Gasteiger partial charge in [-0.3, -0.25) is 0 Å². The van der Waals surface area contributed by atoms with Crippen molar-refractivity contribution in [3.05, 3.63) is 0 Å². The van der Waals surface area contributed by atoms with E-state index < -0.39 is 0 Å². The molecule has 2 heteroatoms. The topological polar surface area (TPSA) is 38.0 Å². The molecule has 0 aliphatic heterocycles. The van der Waals surface area contributed by atoms with Gasteiger partial charge in [0.25, 0.3) is 0 Å². The Labute approximate surface area is 76.9 Å². The van der Waals surface area contributed by atoms with Gasteiger partial charge < -0.3 is 11.1 Å². The Morgan fingerprint density at radius 3 is 2.42 bits per heavy atom. The van der Waals surface area contributed by atoms with Gasteiger partial charge in [0, 0.05) is 12.1 Å². The minimum absolute atomic E-state index is 0.395. The highest BCUT2D eigenvalue weighted by Gasteiger charge is 2.01. The predicted octanol–water partition coefficient (Wildman–Crippen LogP) is 1.89. The molecule has 2 unspecified atom stereocenters. The zero-order valence-electron chi connectivity index (χ0n) is 8.77. The summed E-state index contributed by atoms with van der Waals surface area (Å²) < 4.78 is 0. The zero-order chi connectivity index (χ0) is 9.40. The van der Waals surface area contributed by atoms with Crippen molar-refractivity contribution in [3.8, 4) is 0 Å². The predicted molar refractivity (Wildman–Crippen MR) is 55.3 cm³/mol. The summed E-state index contributed by atoms with van der Waals surface area (Å²) in [6.07, 6.45) is 4.66. The first-order chi connectivity index (χ1) is 5.70. The Morgan fingerprint density at radius 2 is 1.92 bits per heavy atom. The lowest BCUT2D eigenvalue weighted by Crippen LogP contribution is -2.31. The van der Waals surface area contributed by atoms with Crippen molar-refractivity contribution in [2.75, 3.05) is 6.54 Å². The number of hydrogen-bond donors (Lipinski definition) is 2. The molecule has 0 aromatic heterocycles. The van der Waals surface area contributed by atoms with E-state index >= 15 is 0 Å². The smallest absolute Gasteiger partial charge is 0.00508 e. The van der Waals surface area contributed by atoms with Gasteiger partial charge in [0.05, 0.1) is 0 Å². The minimum Gasteiger partial charge on any atom is -0.328 e. The SMILES string of the molecule is CCCC(N)CCNC(C)CC. The summed E-state index contributed by atoms with van der Waals surface area (Å²) in [5.41, 5.74) is 5.87. The molecule has 12 heavy (non-hydrogen) atoms. The van der Waals surface area contributed by atoms with E-state index in [1.165, 1.54) is 12.8 Å². The lowest BCUT2D eigenvalue weighted by atomic mass is 10.1. The monoisotopic (exact) mass is 172 g/mol. The van der Waals surface area contributed by atoms with Gasteiger partial charge in [0.15, 0.2) is 0 Å². The zero-order valence-corrected chi connectivity index (χ0v) is 8.77. The second-order valence-electron chi connectivity index (χ2n) is 3.60. The van der Waals surface area contributed by atoms with Crippen LogP contribution in [0.4, 0.5) is 0 Å². The molecule has 0 aromatic rings. The van der Waals surface area contributed by atoms with Gasteiger partial charge in [0.2, 0.25) is 0 Å². The molecule has 3 N–H and O–H groups in total. The van der Waals surface area contributed by atoms with Gasteiger partial charge in [-0.05, 0) is 32.7 Å². The van der Waals surface area contributed by atoms with E-state index in [-0.39, 0.29) is 0 Å². The fourth-order valence-electron chi connectivity index (χ4n) is 1.17. The summed E-state index contributed by atoms with van der Waals surface area (Å²) in [7, 11) is 0. The molecule has 0 spiro atoms. The average Bonchev–Trinajstić information content (AvgIpc) is 2.04. The minimum atomic E-state index is 0.395. The maximum atomic E-state index is 5.87. The quantitative estimate of drug-likeness (QED) is 0.615. The summed E-state index contributed by atoms with van der Waals surface area (Å²) in [4.78, 5) is 0. The molecule has 2 atom stereocenters. The molecule has 0 aliphatic carbocycles. The molecule has 2 nitrogen and oxygen atoms in total. The fourth-order valence-corrected chi connectivity index (χ4v) is 1.17. The fraction of sp³-hybridized carbons (Fsp3) is 1.00. The summed E-state index contributed by atoms with van der Waals surface area (Å²) in [6, 6.07) is 1.03. The van der Waals surface area contributed by atoms with Gasteiger partial charge in [0.1, 0.15) is 0 Å². The van der Waals surface area contributed by atoms with Gasteiger partial charge in [-0.2, -0.15) is 0 Å². The molecule has 0 fully saturated rings. The maximum absolute atomic E-state index is 5.87. The molecule has 0 amide bonds. The van der Waals surface area contributed by atoms with Crippen LogP contribution >= 0.6 is 0 Å². The third-order valence-electron chi connectivity index (χ3n) is 2.28. The van der Waals surface area contributed by atoms with Crippen LogP contribution in [0.25, 0.3) is 0 Å². The third kappa shape index (κ3) is 6.62. The Kier molecular flexibility index (Phi) is 7.51. The van der Waals surface area contributed by atoms with Crippen LogP contribution in [0, 0.1) is 0 Å². The first kappa shape index (κ1) is 11.9. The number of hydrogen-bond acceptors (Lipinski definition) is 2. The van der Waals surface area contributed by atoms with Crippen molar-refractivity contribution in [2.24, 2.45) is 5.73 Å². The molecule has 0 rings (SSSR count). The summed E-state index contributed by atoms with van der Waals surface area (Å²) in [5, 5.41) is 3.44. The van der Waals surface area contributed by atoms with Crippen LogP contribution in [0.2, 0.25) is 0 Å². The Hall–Kier alpha value is -0.0800. The van der Waals surface area contributed by atoms with E-state index in [0.29, 0.717) is 12.1 Å². The van der Waals surface area contributed by atoms with Crippen LogP contribution in [-0.2, 0) is 0 Å². The van der Waals surface area contributed by atoms with Crippen LogP contribution in [0.1, 0.15) is 46.5 Å². The Morgan fingerprint density at radius 1 is 1.25 bits per heavy atom. The van der Waals surface area contributed by atoms with Gasteiger partial charge in [-0.15, -0.1) is 0 Å². The normalized spacial score (nSPS) is 16.0. The molecular weight excluding hydrogens is 148 g/mol. The molecule has 0 aromatic carbocycles. The van der Waals surface area contributed by atoms with E-state index in [2.05, 4.69) is 26.1 Å². The number of rotatable bonds is 7. The third-order valence-corrected chi connectivity index (χ3v) is 2.28. The summed E-state index contributed by atoms with van der Waals surface area (Å²) in [6.45, 7) is 7.66. The van der Waals surface area contributed by atoms with Gasteiger partial charge in [-0.25, -0.2) is 0 Å². The molecule has 0 radical (unpaired) electrons. The number of nitrogens with one attached hydrogen (secondary N) is 1. The lowest BCUT2D eigenvalue weighted by molar-refractivity contribution is 0.479. The van der Waals surface area contributed by atoms with E-state index in [4.69, 9.17) is 5.73 Å². The first-order valence-electron chi connectivity index (χ1n) is 5.19. The Balaban J connectivity index is 3.18. The van der Waals surface area contributed by atoms with Gasteiger partial charge in [-0.1, -0.05) is 20.3 Å². The van der Waals surface area contributed by atoms with Crippen LogP contribution in [0.3, 0.4) is 0 Å². The van der Waals surface area contributed by atoms with E-state index in [1.54, 1.807) is 0 Å². The van der Waals surface area contributed by atoms with E-state index in [9.17, 15) is 0 Å². The maximum Gasteiger partial charge on any atom is 0.00508 e. The summed E-state index contributed by atoms with van der Waals surface area (Å²) in [5.74, 6) is 0. The number of nitrogens with two attached hydrogens (primary N) is 1.